The zero-order valence-electron chi connectivity index (χ0n) is 11.1. The zero-order valence-corrected chi connectivity index (χ0v) is 11.1. The predicted octanol–water partition coefficient (Wildman–Crippen LogP) is 3.96. The Bertz CT molecular complexity index is 609. The van der Waals surface area contributed by atoms with Crippen LogP contribution in [0.5, 0.6) is 5.75 Å². The van der Waals surface area contributed by atoms with Gasteiger partial charge in [-0.1, -0.05) is 30.4 Å². The lowest BCUT2D eigenvalue weighted by Gasteiger charge is -2.05. The molecule has 0 radical (unpaired) electrons. The van der Waals surface area contributed by atoms with Crippen LogP contribution in [-0.4, -0.2) is 12.9 Å². The highest BCUT2D eigenvalue weighted by Crippen LogP contribution is 2.18. The first-order chi connectivity index (χ1) is 9.11. The second kappa shape index (κ2) is 5.53. The monoisotopic (exact) mass is 252 g/mol. The van der Waals surface area contributed by atoms with E-state index in [2.05, 4.69) is 6.58 Å². The van der Waals surface area contributed by atoms with Gasteiger partial charge in [-0.15, -0.1) is 0 Å². The third-order valence-corrected chi connectivity index (χ3v) is 2.97. The second-order valence-corrected chi connectivity index (χ2v) is 4.42. The number of ether oxygens (including phenoxy) is 1. The van der Waals surface area contributed by atoms with Crippen LogP contribution >= 0.6 is 0 Å². The van der Waals surface area contributed by atoms with Crippen LogP contribution in [0.15, 0.2) is 55.1 Å². The number of carbonyl (C=O) groups is 1. The van der Waals surface area contributed by atoms with Crippen molar-refractivity contribution in [3.8, 4) is 5.75 Å². The van der Waals surface area contributed by atoms with Gasteiger partial charge in [-0.2, -0.15) is 0 Å². The average Bonchev–Trinajstić information content (AvgIpc) is 2.46. The van der Waals surface area contributed by atoms with Crippen molar-refractivity contribution < 1.29 is 9.53 Å². The van der Waals surface area contributed by atoms with E-state index >= 15 is 0 Å². The molecule has 0 unspecified atom stereocenters. The smallest absolute Gasteiger partial charge is 0.193 e. The van der Waals surface area contributed by atoms with Gasteiger partial charge in [0.1, 0.15) is 5.75 Å². The van der Waals surface area contributed by atoms with Gasteiger partial charge in [0.25, 0.3) is 0 Å². The van der Waals surface area contributed by atoms with Crippen molar-refractivity contribution in [1.29, 1.82) is 0 Å². The lowest BCUT2D eigenvalue weighted by Crippen LogP contribution is -2.01. The number of carbonyl (C=O) groups excluding carboxylic acids is 1. The predicted molar refractivity (Wildman–Crippen MR) is 77.6 cm³/mol. The molecule has 0 fully saturated rings. The van der Waals surface area contributed by atoms with Crippen molar-refractivity contribution in [2.75, 3.05) is 7.11 Å². The fourth-order valence-corrected chi connectivity index (χ4v) is 1.83. The van der Waals surface area contributed by atoms with E-state index in [9.17, 15) is 4.79 Å². The molecule has 0 aliphatic heterocycles. The van der Waals surface area contributed by atoms with E-state index in [1.54, 1.807) is 31.4 Å². The van der Waals surface area contributed by atoms with E-state index < -0.39 is 0 Å². The Morgan fingerprint density at radius 2 is 1.63 bits per heavy atom. The maximum absolute atomic E-state index is 12.4. The van der Waals surface area contributed by atoms with Crippen LogP contribution in [0.2, 0.25) is 0 Å². The number of hydrogen-bond acceptors (Lipinski definition) is 2. The molecule has 2 aromatic carbocycles. The quantitative estimate of drug-likeness (QED) is 0.770. The molecule has 0 bridgehead atoms. The molecule has 0 N–H and O–H groups in total. The molecule has 0 aliphatic rings. The summed E-state index contributed by atoms with van der Waals surface area (Å²) in [5.41, 5.74) is 3.26. The highest BCUT2D eigenvalue weighted by molar-refractivity contribution is 6.09. The van der Waals surface area contributed by atoms with Crippen LogP contribution < -0.4 is 4.74 Å². The molecule has 0 saturated heterocycles. The van der Waals surface area contributed by atoms with Crippen LogP contribution in [0.3, 0.4) is 0 Å². The Morgan fingerprint density at radius 1 is 1.00 bits per heavy atom. The standard InChI is InChI=1S/C17H16O2/c1-12(2)14-5-4-6-15(11-14)17(18)13-7-9-16(19-3)10-8-13/h4-11H,1H2,2-3H3. The molecule has 2 rings (SSSR count). The van der Waals surface area contributed by atoms with Crippen LogP contribution in [0, 0.1) is 0 Å². The first-order valence-corrected chi connectivity index (χ1v) is 6.06. The minimum absolute atomic E-state index is 0.00533. The van der Waals surface area contributed by atoms with E-state index in [0.29, 0.717) is 11.1 Å². The largest absolute Gasteiger partial charge is 0.497 e. The number of allylic oxidation sites excluding steroid dienone is 1. The first-order valence-electron chi connectivity index (χ1n) is 6.06. The van der Waals surface area contributed by atoms with E-state index in [-0.39, 0.29) is 5.78 Å². The average molecular weight is 252 g/mol. The molecule has 0 heterocycles. The summed E-state index contributed by atoms with van der Waals surface area (Å²) >= 11 is 0. The number of ketones is 1. The molecule has 96 valence electrons. The van der Waals surface area contributed by atoms with Crippen LogP contribution in [0.1, 0.15) is 28.4 Å². The Morgan fingerprint density at radius 3 is 2.21 bits per heavy atom. The Kier molecular flexibility index (Phi) is 3.81. The maximum Gasteiger partial charge on any atom is 0.193 e. The van der Waals surface area contributed by atoms with Gasteiger partial charge in [0.05, 0.1) is 7.11 Å². The van der Waals surface area contributed by atoms with Gasteiger partial charge >= 0.3 is 0 Å². The zero-order chi connectivity index (χ0) is 13.8. The van der Waals surface area contributed by atoms with Gasteiger partial charge in [-0.05, 0) is 42.8 Å². The van der Waals surface area contributed by atoms with Gasteiger partial charge in [0.2, 0.25) is 0 Å². The summed E-state index contributed by atoms with van der Waals surface area (Å²) in [6.07, 6.45) is 0. The van der Waals surface area contributed by atoms with Gasteiger partial charge in [0.15, 0.2) is 5.78 Å². The normalized spacial score (nSPS) is 10.0. The lowest BCUT2D eigenvalue weighted by atomic mass is 9.99. The molecule has 0 spiro atoms. The maximum atomic E-state index is 12.4. The fourth-order valence-electron chi connectivity index (χ4n) is 1.83. The molecule has 2 aromatic rings. The number of rotatable bonds is 4. The van der Waals surface area contributed by atoms with E-state index in [0.717, 1.165) is 16.9 Å². The third kappa shape index (κ3) is 2.91. The summed E-state index contributed by atoms with van der Waals surface area (Å²) < 4.78 is 5.08. The molecule has 0 amide bonds. The van der Waals surface area contributed by atoms with Crippen molar-refractivity contribution >= 4 is 11.4 Å². The van der Waals surface area contributed by atoms with Gasteiger partial charge < -0.3 is 4.74 Å². The van der Waals surface area contributed by atoms with E-state index in [4.69, 9.17) is 4.74 Å². The lowest BCUT2D eigenvalue weighted by molar-refractivity contribution is 0.103. The first kappa shape index (κ1) is 13.1. The molecular formula is C17H16O2. The fraction of sp³-hybridized carbons (Fsp3) is 0.118. The van der Waals surface area contributed by atoms with Gasteiger partial charge in [0, 0.05) is 11.1 Å². The summed E-state index contributed by atoms with van der Waals surface area (Å²) in [7, 11) is 1.60. The van der Waals surface area contributed by atoms with Gasteiger partial charge in [-0.3, -0.25) is 4.79 Å². The minimum atomic E-state index is 0.00533. The van der Waals surface area contributed by atoms with Crippen molar-refractivity contribution in [1.82, 2.24) is 0 Å². The highest BCUT2D eigenvalue weighted by atomic mass is 16.5. The third-order valence-electron chi connectivity index (χ3n) is 2.97. The topological polar surface area (TPSA) is 26.3 Å². The van der Waals surface area contributed by atoms with Crippen LogP contribution in [0.4, 0.5) is 0 Å². The van der Waals surface area contributed by atoms with Crippen molar-refractivity contribution in [3.63, 3.8) is 0 Å². The molecule has 0 saturated carbocycles. The molecular weight excluding hydrogens is 236 g/mol. The summed E-state index contributed by atoms with van der Waals surface area (Å²) in [6.45, 7) is 5.82. The van der Waals surface area contributed by atoms with Crippen LogP contribution in [0.25, 0.3) is 5.57 Å². The molecule has 2 nitrogen and oxygen atoms in total. The molecule has 19 heavy (non-hydrogen) atoms. The van der Waals surface area contributed by atoms with Crippen molar-refractivity contribution in [2.45, 2.75) is 6.92 Å². The van der Waals surface area contributed by atoms with Crippen LogP contribution in [-0.2, 0) is 0 Å². The number of hydrogen-bond donors (Lipinski definition) is 0. The van der Waals surface area contributed by atoms with E-state index in [1.807, 2.05) is 31.2 Å². The number of benzene rings is 2. The molecule has 0 atom stereocenters. The van der Waals surface area contributed by atoms with Crippen molar-refractivity contribution in [2.24, 2.45) is 0 Å². The molecule has 0 aromatic heterocycles. The molecule has 2 heteroatoms. The molecule has 0 aliphatic carbocycles. The second-order valence-electron chi connectivity index (χ2n) is 4.42. The SMILES string of the molecule is C=C(C)c1cccc(C(=O)c2ccc(OC)cc2)c1. The summed E-state index contributed by atoms with van der Waals surface area (Å²) in [5, 5.41) is 0. The van der Waals surface area contributed by atoms with Gasteiger partial charge in [-0.25, -0.2) is 0 Å². The summed E-state index contributed by atoms with van der Waals surface area (Å²) in [5.74, 6) is 0.748. The Labute approximate surface area is 113 Å². The number of methoxy groups -OCH3 is 1. The summed E-state index contributed by atoms with van der Waals surface area (Å²) in [4.78, 5) is 12.4. The highest BCUT2D eigenvalue weighted by Gasteiger charge is 2.09. The van der Waals surface area contributed by atoms with Crippen molar-refractivity contribution in [3.05, 3.63) is 71.8 Å². The Hall–Kier alpha value is -2.35. The minimum Gasteiger partial charge on any atom is -0.497 e. The van der Waals surface area contributed by atoms with E-state index in [1.165, 1.54) is 0 Å². The summed E-state index contributed by atoms with van der Waals surface area (Å²) in [6, 6.07) is 14.6. The Balaban J connectivity index is 2.32.